The number of nitrogens with two attached hydrogens (primary N) is 1. The molecular weight excluding hydrogens is 214 g/mol. The summed E-state index contributed by atoms with van der Waals surface area (Å²) in [5, 5.41) is 0. The van der Waals surface area contributed by atoms with Crippen molar-refractivity contribution in [1.82, 2.24) is 0 Å². The van der Waals surface area contributed by atoms with Crippen molar-refractivity contribution in [2.24, 2.45) is 5.73 Å². The summed E-state index contributed by atoms with van der Waals surface area (Å²) in [6.07, 6.45) is 5.75. The lowest BCUT2D eigenvalue weighted by atomic mass is 9.86. The normalized spacial score (nSPS) is 25.4. The van der Waals surface area contributed by atoms with Gasteiger partial charge in [0.2, 0.25) is 0 Å². The molecule has 3 rings (SSSR count). The van der Waals surface area contributed by atoms with Gasteiger partial charge in [-0.25, -0.2) is 0 Å². The molecule has 0 saturated heterocycles. The Bertz CT molecular complexity index is 424. The van der Waals surface area contributed by atoms with Gasteiger partial charge in [0.15, 0.2) is 0 Å². The van der Waals surface area contributed by atoms with E-state index in [-0.39, 0.29) is 11.6 Å². The Morgan fingerprint density at radius 1 is 1.35 bits per heavy atom. The van der Waals surface area contributed by atoms with Crippen molar-refractivity contribution >= 4 is 0 Å². The van der Waals surface area contributed by atoms with Gasteiger partial charge in [0.25, 0.3) is 0 Å². The molecule has 17 heavy (non-hydrogen) atoms. The second-order valence-electron chi connectivity index (χ2n) is 5.21. The maximum atomic E-state index is 6.29. The monoisotopic (exact) mass is 233 g/mol. The van der Waals surface area contributed by atoms with Crippen LogP contribution in [0, 0.1) is 0 Å². The number of rotatable bonds is 1. The maximum Gasteiger partial charge on any atom is 0.125 e. The van der Waals surface area contributed by atoms with Gasteiger partial charge in [-0.15, -0.1) is 0 Å². The Labute approximate surface area is 102 Å². The van der Waals surface area contributed by atoms with Crippen LogP contribution in [0.25, 0.3) is 0 Å². The van der Waals surface area contributed by atoms with Crippen molar-refractivity contribution in [3.8, 4) is 11.5 Å². The highest BCUT2D eigenvalue weighted by Crippen LogP contribution is 2.46. The molecule has 1 unspecified atom stereocenters. The second-order valence-corrected chi connectivity index (χ2v) is 5.21. The molecule has 1 aliphatic carbocycles. The van der Waals surface area contributed by atoms with Gasteiger partial charge in [0.05, 0.1) is 7.11 Å². The van der Waals surface area contributed by atoms with Crippen LogP contribution in [0.2, 0.25) is 0 Å². The van der Waals surface area contributed by atoms with Gasteiger partial charge in [-0.1, -0.05) is 0 Å². The van der Waals surface area contributed by atoms with Gasteiger partial charge in [-0.3, -0.25) is 0 Å². The van der Waals surface area contributed by atoms with E-state index in [0.717, 1.165) is 36.3 Å². The van der Waals surface area contributed by atoms with Gasteiger partial charge in [-0.2, -0.15) is 0 Å². The summed E-state index contributed by atoms with van der Waals surface area (Å²) in [6, 6.07) is 6.01. The van der Waals surface area contributed by atoms with E-state index in [2.05, 4.69) is 0 Å². The average molecular weight is 233 g/mol. The van der Waals surface area contributed by atoms with Gasteiger partial charge >= 0.3 is 0 Å². The first-order valence-electron chi connectivity index (χ1n) is 6.35. The lowest BCUT2D eigenvalue weighted by Gasteiger charge is -2.38. The molecule has 0 aromatic heterocycles. The Morgan fingerprint density at radius 3 is 2.82 bits per heavy atom. The summed E-state index contributed by atoms with van der Waals surface area (Å²) in [4.78, 5) is 0. The maximum absolute atomic E-state index is 6.29. The average Bonchev–Trinajstić information content (AvgIpc) is 2.77. The number of methoxy groups -OCH3 is 1. The fourth-order valence-corrected chi connectivity index (χ4v) is 3.15. The van der Waals surface area contributed by atoms with Crippen molar-refractivity contribution in [1.29, 1.82) is 0 Å². The molecule has 0 bridgehead atoms. The summed E-state index contributed by atoms with van der Waals surface area (Å²) in [5.41, 5.74) is 7.39. The summed E-state index contributed by atoms with van der Waals surface area (Å²) >= 11 is 0. The highest BCUT2D eigenvalue weighted by molar-refractivity contribution is 5.44. The quantitative estimate of drug-likeness (QED) is 0.811. The molecule has 1 aliphatic heterocycles. The van der Waals surface area contributed by atoms with E-state index in [1.54, 1.807) is 7.11 Å². The molecule has 1 aromatic rings. The molecule has 1 fully saturated rings. The van der Waals surface area contributed by atoms with E-state index in [0.29, 0.717) is 0 Å². The molecular formula is C14H19NO2. The third kappa shape index (κ3) is 1.78. The Morgan fingerprint density at radius 2 is 2.12 bits per heavy atom. The fourth-order valence-electron chi connectivity index (χ4n) is 3.15. The van der Waals surface area contributed by atoms with Gasteiger partial charge in [0, 0.05) is 18.0 Å². The van der Waals surface area contributed by atoms with Gasteiger partial charge < -0.3 is 15.2 Å². The highest BCUT2D eigenvalue weighted by Gasteiger charge is 2.42. The zero-order valence-electron chi connectivity index (χ0n) is 10.2. The second kappa shape index (κ2) is 3.91. The van der Waals surface area contributed by atoms with E-state index in [4.69, 9.17) is 15.2 Å². The molecule has 1 aromatic carbocycles. The lowest BCUT2D eigenvalue weighted by molar-refractivity contribution is 0.0425. The van der Waals surface area contributed by atoms with Crippen LogP contribution in [0.15, 0.2) is 18.2 Å². The minimum atomic E-state index is 0.0149. The van der Waals surface area contributed by atoms with Crippen LogP contribution in [0.4, 0.5) is 0 Å². The zero-order chi connectivity index (χ0) is 11.9. The van der Waals surface area contributed by atoms with E-state index >= 15 is 0 Å². The van der Waals surface area contributed by atoms with Crippen LogP contribution in [-0.2, 0) is 0 Å². The van der Waals surface area contributed by atoms with Crippen molar-refractivity contribution in [2.45, 2.75) is 43.7 Å². The number of hydrogen-bond acceptors (Lipinski definition) is 3. The summed E-state index contributed by atoms with van der Waals surface area (Å²) in [5.74, 6) is 1.80. The predicted octanol–water partition coefficient (Wildman–Crippen LogP) is 2.79. The Balaban J connectivity index is 1.96. The van der Waals surface area contributed by atoms with E-state index < -0.39 is 0 Å². The SMILES string of the molecule is COc1ccc2c(c1)C(N)CC1(CCCC1)O2. The molecule has 2 N–H and O–H groups in total. The summed E-state index contributed by atoms with van der Waals surface area (Å²) < 4.78 is 11.4. The van der Waals surface area contributed by atoms with Gasteiger partial charge in [-0.05, 0) is 43.9 Å². The molecule has 0 radical (unpaired) electrons. The summed E-state index contributed by atoms with van der Waals surface area (Å²) in [7, 11) is 1.68. The Hall–Kier alpha value is -1.22. The number of hydrogen-bond donors (Lipinski definition) is 1. The minimum absolute atomic E-state index is 0.0149. The predicted molar refractivity (Wildman–Crippen MR) is 66.4 cm³/mol. The third-order valence-electron chi connectivity index (χ3n) is 4.05. The molecule has 3 heteroatoms. The molecule has 0 amide bonds. The van der Waals surface area contributed by atoms with Crippen molar-refractivity contribution in [3.63, 3.8) is 0 Å². The van der Waals surface area contributed by atoms with Crippen LogP contribution in [-0.4, -0.2) is 12.7 Å². The molecule has 1 heterocycles. The first-order valence-corrected chi connectivity index (χ1v) is 6.35. The van der Waals surface area contributed by atoms with E-state index in [1.807, 2.05) is 18.2 Å². The fraction of sp³-hybridized carbons (Fsp3) is 0.571. The van der Waals surface area contributed by atoms with Crippen molar-refractivity contribution in [2.75, 3.05) is 7.11 Å². The third-order valence-corrected chi connectivity index (χ3v) is 4.05. The molecule has 2 aliphatic rings. The molecule has 1 atom stereocenters. The van der Waals surface area contributed by atoms with Crippen molar-refractivity contribution in [3.05, 3.63) is 23.8 Å². The van der Waals surface area contributed by atoms with Crippen LogP contribution < -0.4 is 15.2 Å². The van der Waals surface area contributed by atoms with Crippen LogP contribution in [0.5, 0.6) is 11.5 Å². The van der Waals surface area contributed by atoms with E-state index in [9.17, 15) is 0 Å². The summed E-state index contributed by atoms with van der Waals surface area (Å²) in [6.45, 7) is 0. The smallest absolute Gasteiger partial charge is 0.125 e. The van der Waals surface area contributed by atoms with Gasteiger partial charge in [0.1, 0.15) is 17.1 Å². The topological polar surface area (TPSA) is 44.5 Å². The van der Waals surface area contributed by atoms with Crippen LogP contribution in [0.1, 0.15) is 43.7 Å². The first-order chi connectivity index (χ1) is 8.22. The highest BCUT2D eigenvalue weighted by atomic mass is 16.5. The lowest BCUT2D eigenvalue weighted by Crippen LogP contribution is -2.40. The minimum Gasteiger partial charge on any atom is -0.497 e. The zero-order valence-corrected chi connectivity index (χ0v) is 10.2. The molecule has 1 spiro atoms. The number of ether oxygens (including phenoxy) is 2. The standard InChI is InChI=1S/C14H19NO2/c1-16-10-4-5-13-11(8-10)12(15)9-14(17-13)6-2-3-7-14/h4-5,8,12H,2-3,6-7,9,15H2,1H3. The number of benzene rings is 1. The molecule has 92 valence electrons. The largest absolute Gasteiger partial charge is 0.497 e. The molecule has 1 saturated carbocycles. The van der Waals surface area contributed by atoms with Crippen LogP contribution in [0.3, 0.4) is 0 Å². The molecule has 3 nitrogen and oxygen atoms in total. The Kier molecular flexibility index (Phi) is 2.51. The van der Waals surface area contributed by atoms with Crippen LogP contribution >= 0.6 is 0 Å². The van der Waals surface area contributed by atoms with E-state index in [1.165, 1.54) is 12.8 Å². The first kappa shape index (κ1) is 10.9. The van der Waals surface area contributed by atoms with Crippen molar-refractivity contribution < 1.29 is 9.47 Å². The number of fused-ring (bicyclic) bond motifs is 1.